The van der Waals surface area contributed by atoms with Gasteiger partial charge in [-0.25, -0.2) is 8.78 Å². The first-order valence-electron chi connectivity index (χ1n) is 6.92. The van der Waals surface area contributed by atoms with E-state index in [9.17, 15) is 13.6 Å². The van der Waals surface area contributed by atoms with Gasteiger partial charge in [0.25, 0.3) is 5.91 Å². The van der Waals surface area contributed by atoms with Gasteiger partial charge in [0.2, 0.25) is 0 Å². The van der Waals surface area contributed by atoms with Gasteiger partial charge in [0.1, 0.15) is 18.2 Å². The fraction of sp³-hybridized carbons (Fsp3) is 0.438. The number of carbonyl (C=O) groups is 1. The lowest BCUT2D eigenvalue weighted by atomic mass is 9.90. The summed E-state index contributed by atoms with van der Waals surface area (Å²) in [5, 5.41) is 8.56. The lowest BCUT2D eigenvalue weighted by molar-refractivity contribution is -0.126. The van der Waals surface area contributed by atoms with Crippen LogP contribution in [0, 0.1) is 29.4 Å². The highest BCUT2D eigenvalue weighted by molar-refractivity contribution is 5.93. The van der Waals surface area contributed by atoms with Crippen molar-refractivity contribution in [1.29, 1.82) is 0 Å². The summed E-state index contributed by atoms with van der Waals surface area (Å²) >= 11 is 0. The summed E-state index contributed by atoms with van der Waals surface area (Å²) < 4.78 is 26.7. The molecule has 5 heteroatoms. The lowest BCUT2D eigenvalue weighted by Gasteiger charge is -2.30. The highest BCUT2D eigenvalue weighted by Gasteiger charge is 2.23. The topological polar surface area (TPSA) is 40.5 Å². The molecule has 2 rings (SSSR count). The molecule has 0 saturated carbocycles. The van der Waals surface area contributed by atoms with Gasteiger partial charge in [-0.1, -0.05) is 5.92 Å². The van der Waals surface area contributed by atoms with Crippen LogP contribution in [0.25, 0.3) is 0 Å². The molecule has 1 heterocycles. The van der Waals surface area contributed by atoms with Crippen LogP contribution < -0.4 is 0 Å². The molecule has 1 aliphatic rings. The standard InChI is InChI=1S/C16H17F2NO2/c17-14-3-4-15(18)13(11-14)10-12-5-7-19(8-6-12)16(21)2-1-9-20/h3-4,11-12,20H,5-10H2. The Labute approximate surface area is 122 Å². The Morgan fingerprint density at radius 2 is 2.05 bits per heavy atom. The highest BCUT2D eigenvalue weighted by Crippen LogP contribution is 2.23. The van der Waals surface area contributed by atoms with E-state index >= 15 is 0 Å². The van der Waals surface area contributed by atoms with E-state index in [1.807, 2.05) is 0 Å². The van der Waals surface area contributed by atoms with E-state index < -0.39 is 5.82 Å². The molecule has 0 bridgehead atoms. The molecule has 1 aromatic carbocycles. The number of nitrogens with zero attached hydrogens (tertiary/aromatic N) is 1. The molecule has 1 N–H and O–H groups in total. The Hall–Kier alpha value is -1.93. The monoisotopic (exact) mass is 293 g/mol. The molecule has 0 aliphatic carbocycles. The fourth-order valence-corrected chi connectivity index (χ4v) is 2.55. The zero-order chi connectivity index (χ0) is 15.2. The number of likely N-dealkylation sites (tertiary alicyclic amines) is 1. The molecule has 1 saturated heterocycles. The first-order chi connectivity index (χ1) is 10.1. The van der Waals surface area contributed by atoms with Crippen molar-refractivity contribution in [3.05, 3.63) is 35.4 Å². The molecule has 1 aromatic rings. The van der Waals surface area contributed by atoms with Crippen molar-refractivity contribution in [1.82, 2.24) is 4.90 Å². The van der Waals surface area contributed by atoms with Gasteiger partial charge >= 0.3 is 0 Å². The molecule has 1 aliphatic heterocycles. The van der Waals surface area contributed by atoms with E-state index in [0.717, 1.165) is 25.0 Å². The van der Waals surface area contributed by atoms with Crippen molar-refractivity contribution >= 4 is 5.91 Å². The summed E-state index contributed by atoms with van der Waals surface area (Å²) in [4.78, 5) is 13.3. The number of benzene rings is 1. The van der Waals surface area contributed by atoms with Crippen LogP contribution in [0.15, 0.2) is 18.2 Å². The summed E-state index contributed by atoms with van der Waals surface area (Å²) in [6.07, 6.45) is 1.96. The van der Waals surface area contributed by atoms with Crippen LogP contribution in [0.5, 0.6) is 0 Å². The second-order valence-corrected chi connectivity index (χ2v) is 5.14. The van der Waals surface area contributed by atoms with Crippen LogP contribution in [-0.2, 0) is 11.2 Å². The summed E-state index contributed by atoms with van der Waals surface area (Å²) in [5.74, 6) is 3.82. The third-order valence-corrected chi connectivity index (χ3v) is 3.69. The molecular formula is C16H17F2NO2. The van der Waals surface area contributed by atoms with Crippen LogP contribution >= 0.6 is 0 Å². The normalized spacial score (nSPS) is 15.5. The van der Waals surface area contributed by atoms with Gasteiger partial charge < -0.3 is 10.0 Å². The number of carbonyl (C=O) groups excluding carboxylic acids is 1. The molecule has 0 aromatic heterocycles. The van der Waals surface area contributed by atoms with Crippen molar-refractivity contribution in [2.45, 2.75) is 19.3 Å². The second-order valence-electron chi connectivity index (χ2n) is 5.14. The lowest BCUT2D eigenvalue weighted by Crippen LogP contribution is -2.38. The Morgan fingerprint density at radius 1 is 1.33 bits per heavy atom. The summed E-state index contributed by atoms with van der Waals surface area (Å²) in [7, 11) is 0. The largest absolute Gasteiger partial charge is 0.384 e. The molecule has 3 nitrogen and oxygen atoms in total. The molecule has 0 radical (unpaired) electrons. The molecule has 112 valence electrons. The molecule has 0 spiro atoms. The Morgan fingerprint density at radius 3 is 2.71 bits per heavy atom. The van der Waals surface area contributed by atoms with Gasteiger partial charge in [0.05, 0.1) is 0 Å². The van der Waals surface area contributed by atoms with E-state index in [4.69, 9.17) is 5.11 Å². The summed E-state index contributed by atoms with van der Waals surface area (Å²) in [6.45, 7) is 0.780. The maximum Gasteiger partial charge on any atom is 0.298 e. The minimum atomic E-state index is -0.432. The van der Waals surface area contributed by atoms with E-state index in [1.54, 1.807) is 4.90 Å². The van der Waals surface area contributed by atoms with Gasteiger partial charge in [-0.15, -0.1) is 0 Å². The molecular weight excluding hydrogens is 276 g/mol. The second kappa shape index (κ2) is 7.19. The first-order valence-corrected chi connectivity index (χ1v) is 6.92. The minimum Gasteiger partial charge on any atom is -0.384 e. The molecule has 1 amide bonds. The van der Waals surface area contributed by atoms with Crippen molar-refractivity contribution < 1.29 is 18.7 Å². The third kappa shape index (κ3) is 4.27. The maximum atomic E-state index is 13.6. The first kappa shape index (κ1) is 15.5. The van der Waals surface area contributed by atoms with Crippen molar-refractivity contribution in [3.8, 4) is 11.8 Å². The third-order valence-electron chi connectivity index (χ3n) is 3.69. The Kier molecular flexibility index (Phi) is 5.29. The number of amides is 1. The van der Waals surface area contributed by atoms with E-state index in [1.165, 1.54) is 6.07 Å². The predicted octanol–water partition coefficient (Wildman–Crippen LogP) is 1.74. The van der Waals surface area contributed by atoms with Crippen LogP contribution in [-0.4, -0.2) is 35.6 Å². The van der Waals surface area contributed by atoms with E-state index in [-0.39, 0.29) is 24.2 Å². The average molecular weight is 293 g/mol. The zero-order valence-electron chi connectivity index (χ0n) is 11.6. The average Bonchev–Trinajstić information content (AvgIpc) is 2.49. The number of rotatable bonds is 2. The maximum absolute atomic E-state index is 13.6. The van der Waals surface area contributed by atoms with Crippen molar-refractivity contribution in [2.75, 3.05) is 19.7 Å². The van der Waals surface area contributed by atoms with Crippen LogP contribution in [0.2, 0.25) is 0 Å². The summed E-state index contributed by atoms with van der Waals surface area (Å²) in [6, 6.07) is 3.49. The number of hydrogen-bond acceptors (Lipinski definition) is 2. The van der Waals surface area contributed by atoms with Crippen LogP contribution in [0.4, 0.5) is 8.78 Å². The SMILES string of the molecule is O=C(C#CCO)N1CCC(Cc2cc(F)ccc2F)CC1. The number of halogens is 2. The zero-order valence-corrected chi connectivity index (χ0v) is 11.6. The quantitative estimate of drug-likeness (QED) is 0.844. The number of piperidine rings is 1. The predicted molar refractivity (Wildman–Crippen MR) is 74.2 cm³/mol. The van der Waals surface area contributed by atoms with Crippen molar-refractivity contribution in [2.24, 2.45) is 5.92 Å². The Balaban J connectivity index is 1.89. The van der Waals surface area contributed by atoms with E-state index in [2.05, 4.69) is 11.8 Å². The molecule has 0 atom stereocenters. The Bertz CT molecular complexity index is 569. The number of aliphatic hydroxyl groups is 1. The molecule has 1 fully saturated rings. The number of hydrogen-bond donors (Lipinski definition) is 1. The minimum absolute atomic E-state index is 0.233. The highest BCUT2D eigenvalue weighted by atomic mass is 19.1. The smallest absolute Gasteiger partial charge is 0.298 e. The van der Waals surface area contributed by atoms with Crippen molar-refractivity contribution in [3.63, 3.8) is 0 Å². The summed E-state index contributed by atoms with van der Waals surface area (Å²) in [5.41, 5.74) is 0.389. The number of aliphatic hydroxyl groups excluding tert-OH is 1. The van der Waals surface area contributed by atoms with Crippen LogP contribution in [0.3, 0.4) is 0 Å². The fourth-order valence-electron chi connectivity index (χ4n) is 2.55. The van der Waals surface area contributed by atoms with Gasteiger partial charge in [0, 0.05) is 13.1 Å². The van der Waals surface area contributed by atoms with Gasteiger partial charge in [-0.05, 0) is 54.9 Å². The van der Waals surface area contributed by atoms with Gasteiger partial charge in [-0.2, -0.15) is 0 Å². The van der Waals surface area contributed by atoms with Gasteiger partial charge in [0.15, 0.2) is 0 Å². The molecule has 0 unspecified atom stereocenters. The van der Waals surface area contributed by atoms with Crippen LogP contribution in [0.1, 0.15) is 18.4 Å². The van der Waals surface area contributed by atoms with Gasteiger partial charge in [-0.3, -0.25) is 4.79 Å². The van der Waals surface area contributed by atoms with E-state index in [0.29, 0.717) is 25.1 Å². The molecule has 21 heavy (non-hydrogen) atoms.